The van der Waals surface area contributed by atoms with E-state index in [9.17, 15) is 4.57 Å². The molecule has 0 heterocycles. The molecule has 0 spiro atoms. The Morgan fingerprint density at radius 3 is 2.78 bits per heavy atom. The van der Waals surface area contributed by atoms with E-state index in [1.165, 1.54) is 0 Å². The van der Waals surface area contributed by atoms with Crippen molar-refractivity contribution in [2.24, 2.45) is 0 Å². The van der Waals surface area contributed by atoms with Crippen LogP contribution in [0, 0.1) is 0 Å². The zero-order valence-electron chi connectivity index (χ0n) is 5.47. The van der Waals surface area contributed by atoms with Gasteiger partial charge in [-0.1, -0.05) is 22.6 Å². The summed E-state index contributed by atoms with van der Waals surface area (Å²) in [6, 6.07) is 0. The lowest BCUT2D eigenvalue weighted by atomic mass is 10.6. The van der Waals surface area contributed by atoms with Crippen molar-refractivity contribution in [3.05, 3.63) is 0 Å². The van der Waals surface area contributed by atoms with Crippen molar-refractivity contribution in [3.63, 3.8) is 0 Å². The van der Waals surface area contributed by atoms with Gasteiger partial charge in [-0.2, -0.15) is 0 Å². The van der Waals surface area contributed by atoms with Gasteiger partial charge in [-0.25, -0.2) is 0 Å². The van der Waals surface area contributed by atoms with Crippen LogP contribution >= 0.6 is 30.6 Å². The summed E-state index contributed by atoms with van der Waals surface area (Å²) in [6.45, 7) is 2.42. The smallest absolute Gasteiger partial charge is 0.147 e. The molecule has 0 aromatic rings. The Labute approximate surface area is 70.4 Å². The lowest BCUT2D eigenvalue weighted by Crippen LogP contribution is -1.83. The van der Waals surface area contributed by atoms with E-state index in [2.05, 4.69) is 22.6 Å². The van der Waals surface area contributed by atoms with Gasteiger partial charge in [-0.3, -0.25) is 0 Å². The molecule has 4 heteroatoms. The summed E-state index contributed by atoms with van der Waals surface area (Å²) in [7, 11) is -1.34. The molecule has 0 saturated heterocycles. The predicted molar refractivity (Wildman–Crippen MR) is 47.6 cm³/mol. The van der Waals surface area contributed by atoms with Gasteiger partial charge in [0.2, 0.25) is 0 Å². The van der Waals surface area contributed by atoms with E-state index in [-0.39, 0.29) is 0 Å². The number of halogens is 1. The van der Waals surface area contributed by atoms with Crippen molar-refractivity contribution in [2.45, 2.75) is 13.3 Å². The third-order valence-electron chi connectivity index (χ3n) is 0.747. The first-order chi connectivity index (χ1) is 4.31. The van der Waals surface area contributed by atoms with E-state index < -0.39 is 8.03 Å². The maximum Gasteiger partial charge on any atom is 0.508 e. The molecule has 0 aromatic carbocycles. The number of hydrogen-bond acceptors (Lipinski definition) is 2. The second-order valence-corrected chi connectivity index (χ2v) is 3.97. The average Bonchev–Trinajstić information content (AvgIpc) is 1.85. The van der Waals surface area contributed by atoms with Crippen LogP contribution in [0.5, 0.6) is 0 Å². The quantitative estimate of drug-likeness (QED) is 0.432. The highest BCUT2D eigenvalue weighted by molar-refractivity contribution is 14.1. The second-order valence-electron chi connectivity index (χ2n) is 1.52. The van der Waals surface area contributed by atoms with Crippen LogP contribution in [0.2, 0.25) is 0 Å². The van der Waals surface area contributed by atoms with Gasteiger partial charge in [-0.05, 0) is 11.5 Å². The van der Waals surface area contributed by atoms with Crippen molar-refractivity contribution in [2.75, 3.05) is 17.2 Å². The molecule has 1 unspecified atom stereocenters. The third kappa shape index (κ3) is 6.68. The Balaban J connectivity index is 3.06. The molecule has 0 radical (unpaired) electrons. The molecule has 0 fully saturated rings. The van der Waals surface area contributed by atoms with E-state index in [0.717, 1.165) is 10.8 Å². The van der Waals surface area contributed by atoms with Crippen LogP contribution in [0.1, 0.15) is 13.3 Å². The third-order valence-corrected chi connectivity index (χ3v) is 2.74. The number of alkyl halides is 1. The topological polar surface area (TPSA) is 26.3 Å². The van der Waals surface area contributed by atoms with E-state index in [1.54, 1.807) is 0 Å². The molecule has 0 aliphatic heterocycles. The lowest BCUT2D eigenvalue weighted by Gasteiger charge is -1.82. The second kappa shape index (κ2) is 6.90. The Bertz CT molecular complexity index is 87.0. The Morgan fingerprint density at radius 1 is 1.67 bits per heavy atom. The Hall–Kier alpha value is 0.790. The van der Waals surface area contributed by atoms with Crippen LogP contribution in [0.3, 0.4) is 0 Å². The van der Waals surface area contributed by atoms with Crippen LogP contribution in [0.4, 0.5) is 0 Å². The average molecular weight is 261 g/mol. The molecule has 1 atom stereocenters. The van der Waals surface area contributed by atoms with Crippen molar-refractivity contribution in [1.82, 2.24) is 0 Å². The molecule has 0 bridgehead atoms. The van der Waals surface area contributed by atoms with Crippen LogP contribution in [0.15, 0.2) is 0 Å². The fourth-order valence-corrected chi connectivity index (χ4v) is 2.22. The zero-order chi connectivity index (χ0) is 7.11. The van der Waals surface area contributed by atoms with Gasteiger partial charge in [-0.15, -0.1) is 4.52 Å². The zero-order valence-corrected chi connectivity index (χ0v) is 8.52. The van der Waals surface area contributed by atoms with Gasteiger partial charge >= 0.3 is 8.03 Å². The first kappa shape index (κ1) is 9.79. The largest absolute Gasteiger partial charge is 0.508 e. The Kier molecular flexibility index (Phi) is 7.51. The van der Waals surface area contributed by atoms with Gasteiger partial charge < -0.3 is 0 Å². The summed E-state index contributed by atoms with van der Waals surface area (Å²) in [6.07, 6.45) is 1.71. The first-order valence-electron chi connectivity index (χ1n) is 2.94. The maximum atomic E-state index is 10.7. The monoisotopic (exact) mass is 261 g/mol. The highest BCUT2D eigenvalue weighted by Crippen LogP contribution is 2.22. The van der Waals surface area contributed by atoms with Gasteiger partial charge in [0, 0.05) is 10.8 Å². The minimum atomic E-state index is -1.34. The normalized spacial score (nSPS) is 11.6. The predicted octanol–water partition coefficient (Wildman–Crippen LogP) is 2.59. The first-order valence-corrected chi connectivity index (χ1v) is 5.83. The van der Waals surface area contributed by atoms with Gasteiger partial charge in [0.05, 0.1) is 6.61 Å². The van der Waals surface area contributed by atoms with Crippen LogP contribution in [-0.2, 0) is 9.09 Å². The number of hydrogen-bond donors (Lipinski definition) is 0. The number of rotatable bonds is 5. The SMILES string of the molecule is CCO[P+](=O)CCCI. The highest BCUT2D eigenvalue weighted by atomic mass is 127. The molecular formula is C5H11IO2P+. The van der Waals surface area contributed by atoms with Gasteiger partial charge in [0.25, 0.3) is 0 Å². The van der Waals surface area contributed by atoms with Crippen molar-refractivity contribution >= 4 is 30.6 Å². The van der Waals surface area contributed by atoms with E-state index in [4.69, 9.17) is 4.52 Å². The van der Waals surface area contributed by atoms with Gasteiger partial charge in [0.15, 0.2) is 6.16 Å². The molecule has 0 rings (SSSR count). The standard InChI is InChI=1S/C5H11IO2P/c1-2-8-9(7)5-3-4-6/h2-5H2,1H3/q+1. The van der Waals surface area contributed by atoms with Crippen molar-refractivity contribution < 1.29 is 9.09 Å². The Morgan fingerprint density at radius 2 is 2.33 bits per heavy atom. The fourth-order valence-electron chi connectivity index (χ4n) is 0.397. The minimum Gasteiger partial charge on any atom is -0.147 e. The minimum absolute atomic E-state index is 0.566. The van der Waals surface area contributed by atoms with Crippen LogP contribution in [0.25, 0.3) is 0 Å². The van der Waals surface area contributed by atoms with Crippen LogP contribution in [-0.4, -0.2) is 17.2 Å². The van der Waals surface area contributed by atoms with E-state index in [0.29, 0.717) is 12.8 Å². The molecule has 0 aliphatic carbocycles. The van der Waals surface area contributed by atoms with Crippen molar-refractivity contribution in [1.29, 1.82) is 0 Å². The fraction of sp³-hybridized carbons (Fsp3) is 1.00. The molecule has 0 saturated carbocycles. The summed E-state index contributed by atoms with van der Waals surface area (Å²) in [4.78, 5) is 0. The summed E-state index contributed by atoms with van der Waals surface area (Å²) in [5, 5.41) is 0. The lowest BCUT2D eigenvalue weighted by molar-refractivity contribution is 0.350. The molecule has 0 aliphatic rings. The molecular weight excluding hydrogens is 250 g/mol. The van der Waals surface area contributed by atoms with Crippen molar-refractivity contribution in [3.8, 4) is 0 Å². The molecule has 2 nitrogen and oxygen atoms in total. The summed E-state index contributed by atoms with van der Waals surface area (Å²) < 4.78 is 16.6. The van der Waals surface area contributed by atoms with Gasteiger partial charge in [0.1, 0.15) is 0 Å². The van der Waals surface area contributed by atoms with E-state index in [1.807, 2.05) is 6.92 Å². The maximum absolute atomic E-state index is 10.7. The molecule has 9 heavy (non-hydrogen) atoms. The highest BCUT2D eigenvalue weighted by Gasteiger charge is 2.13. The summed E-state index contributed by atoms with van der Waals surface area (Å²) >= 11 is 2.27. The molecule has 54 valence electrons. The van der Waals surface area contributed by atoms with E-state index >= 15 is 0 Å². The molecule has 0 aromatic heterocycles. The molecule has 0 amide bonds. The summed E-state index contributed by atoms with van der Waals surface area (Å²) in [5.41, 5.74) is 0. The molecule has 0 N–H and O–H groups in total. The van der Waals surface area contributed by atoms with Crippen LogP contribution < -0.4 is 0 Å². The summed E-state index contributed by atoms with van der Waals surface area (Å²) in [5.74, 6) is 0.